The molecule has 15 heteroatoms. The molecule has 10 nitrogen and oxygen atoms in total. The number of carbonyl (C=O) groups excluding carboxylic acids is 1. The largest absolute Gasteiger partial charge is 0.454 e. The molecular weight excluding hydrogens is 542 g/mol. The molecule has 0 aliphatic carbocycles. The molecule has 4 rings (SSSR count). The fourth-order valence-electron chi connectivity index (χ4n) is 3.50. The van der Waals surface area contributed by atoms with Gasteiger partial charge in [-0.2, -0.15) is 23.1 Å². The standard InChI is InChI=1S/C22H14Cl2F3N5O5/c23-15-6-12(32-21(35)29-19(33)17(8-28)30-32)7-16(24)18(15)37-13-1-2-14-11(5-13)3-4-31(20(14)34)10-36-9-22(25,26)27/h1-2,5-7H,3-4,9-10H2,(H,29,33,35). The van der Waals surface area contributed by atoms with E-state index in [1.807, 2.05) is 4.98 Å². The van der Waals surface area contributed by atoms with Crippen LogP contribution in [0.15, 0.2) is 39.9 Å². The number of hydrogen-bond donors (Lipinski definition) is 1. The van der Waals surface area contributed by atoms with Crippen molar-refractivity contribution in [1.29, 1.82) is 5.26 Å². The molecule has 2 aromatic carbocycles. The number of nitriles is 1. The van der Waals surface area contributed by atoms with Gasteiger partial charge in [0.1, 0.15) is 25.2 Å². The summed E-state index contributed by atoms with van der Waals surface area (Å²) in [6.07, 6.45) is -4.15. The molecule has 0 saturated heterocycles. The molecule has 0 fully saturated rings. The second-order valence-electron chi connectivity index (χ2n) is 7.70. The number of hydrogen-bond acceptors (Lipinski definition) is 7. The van der Waals surface area contributed by atoms with Crippen LogP contribution in [0.25, 0.3) is 5.69 Å². The van der Waals surface area contributed by atoms with Gasteiger partial charge in [-0.1, -0.05) is 23.2 Å². The summed E-state index contributed by atoms with van der Waals surface area (Å²) in [5.41, 5.74) is -1.44. The summed E-state index contributed by atoms with van der Waals surface area (Å²) in [4.78, 5) is 39.5. The quantitative estimate of drug-likeness (QED) is 0.493. The van der Waals surface area contributed by atoms with Crippen molar-refractivity contribution in [2.75, 3.05) is 19.9 Å². The number of aromatic nitrogens is 3. The molecule has 1 N–H and O–H groups in total. The van der Waals surface area contributed by atoms with Crippen LogP contribution in [0.3, 0.4) is 0 Å². The first-order valence-electron chi connectivity index (χ1n) is 10.3. The molecule has 1 aromatic heterocycles. The number of nitrogens with one attached hydrogen (secondary N) is 1. The fourth-order valence-corrected chi connectivity index (χ4v) is 4.06. The highest BCUT2D eigenvalue weighted by Gasteiger charge is 2.30. The summed E-state index contributed by atoms with van der Waals surface area (Å²) in [5, 5.41) is 12.6. The van der Waals surface area contributed by atoms with Gasteiger partial charge in [0.25, 0.3) is 11.5 Å². The molecule has 1 aliphatic heterocycles. The van der Waals surface area contributed by atoms with E-state index in [-0.39, 0.29) is 33.8 Å². The van der Waals surface area contributed by atoms with E-state index in [2.05, 4.69) is 9.84 Å². The molecule has 3 aromatic rings. The maximum absolute atomic E-state index is 12.6. The summed E-state index contributed by atoms with van der Waals surface area (Å²) in [7, 11) is 0. The van der Waals surface area contributed by atoms with Gasteiger partial charge in [0.05, 0.1) is 15.7 Å². The van der Waals surface area contributed by atoms with Gasteiger partial charge < -0.3 is 14.4 Å². The monoisotopic (exact) mass is 555 g/mol. The molecule has 0 saturated carbocycles. The highest BCUT2D eigenvalue weighted by atomic mass is 35.5. The van der Waals surface area contributed by atoms with Crippen molar-refractivity contribution in [3.8, 4) is 23.3 Å². The van der Waals surface area contributed by atoms with Gasteiger partial charge >= 0.3 is 11.9 Å². The lowest BCUT2D eigenvalue weighted by molar-refractivity contribution is -0.181. The number of benzene rings is 2. The first-order chi connectivity index (χ1) is 17.5. The average molecular weight is 556 g/mol. The van der Waals surface area contributed by atoms with Crippen molar-refractivity contribution < 1.29 is 27.4 Å². The lowest BCUT2D eigenvalue weighted by atomic mass is 9.99. The molecule has 0 bridgehead atoms. The van der Waals surface area contributed by atoms with Crippen molar-refractivity contribution in [2.24, 2.45) is 0 Å². The van der Waals surface area contributed by atoms with E-state index in [9.17, 15) is 27.6 Å². The zero-order valence-corrected chi connectivity index (χ0v) is 19.9. The van der Waals surface area contributed by atoms with Gasteiger partial charge in [0.2, 0.25) is 5.69 Å². The first-order valence-corrected chi connectivity index (χ1v) is 11.1. The second kappa shape index (κ2) is 10.3. The van der Waals surface area contributed by atoms with E-state index < -0.39 is 42.4 Å². The number of fused-ring (bicyclic) bond motifs is 1. The third-order valence-corrected chi connectivity index (χ3v) is 5.70. The predicted molar refractivity (Wildman–Crippen MR) is 123 cm³/mol. The summed E-state index contributed by atoms with van der Waals surface area (Å²) >= 11 is 12.6. The molecule has 0 unspecified atom stereocenters. The Kier molecular flexibility index (Phi) is 7.26. The van der Waals surface area contributed by atoms with Gasteiger partial charge in [-0.25, -0.2) is 4.79 Å². The number of rotatable bonds is 6. The number of halogens is 5. The molecule has 1 amide bonds. The van der Waals surface area contributed by atoms with E-state index in [1.54, 1.807) is 12.1 Å². The maximum atomic E-state index is 12.6. The van der Waals surface area contributed by atoms with E-state index in [1.165, 1.54) is 29.2 Å². The molecular formula is C22H14Cl2F3N5O5. The van der Waals surface area contributed by atoms with E-state index in [4.69, 9.17) is 33.2 Å². The van der Waals surface area contributed by atoms with Crippen molar-refractivity contribution in [2.45, 2.75) is 12.6 Å². The predicted octanol–water partition coefficient (Wildman–Crippen LogP) is 3.43. The second-order valence-corrected chi connectivity index (χ2v) is 8.52. The van der Waals surface area contributed by atoms with Crippen LogP contribution in [0, 0.1) is 11.3 Å². The number of ether oxygens (including phenoxy) is 2. The lowest BCUT2D eigenvalue weighted by Gasteiger charge is -2.28. The molecule has 1 aliphatic rings. The molecule has 37 heavy (non-hydrogen) atoms. The Morgan fingerprint density at radius 3 is 2.49 bits per heavy atom. The normalized spacial score (nSPS) is 13.3. The van der Waals surface area contributed by atoms with Crippen LogP contribution in [0.5, 0.6) is 11.5 Å². The van der Waals surface area contributed by atoms with Crippen LogP contribution >= 0.6 is 23.2 Å². The lowest BCUT2D eigenvalue weighted by Crippen LogP contribution is -2.39. The fraction of sp³-hybridized carbons (Fsp3) is 0.227. The van der Waals surface area contributed by atoms with Gasteiger partial charge in [0.15, 0.2) is 5.75 Å². The highest BCUT2D eigenvalue weighted by Crippen LogP contribution is 2.38. The molecule has 192 valence electrons. The third-order valence-electron chi connectivity index (χ3n) is 5.14. The first kappa shape index (κ1) is 26.2. The van der Waals surface area contributed by atoms with Crippen LogP contribution < -0.4 is 16.0 Å². The van der Waals surface area contributed by atoms with Crippen LogP contribution in [0.4, 0.5) is 13.2 Å². The maximum Gasteiger partial charge on any atom is 0.411 e. The zero-order valence-electron chi connectivity index (χ0n) is 18.4. The van der Waals surface area contributed by atoms with Gasteiger partial charge in [0, 0.05) is 12.1 Å². The number of amides is 1. The number of alkyl halides is 3. The Labute approximate surface area is 215 Å². The van der Waals surface area contributed by atoms with Gasteiger partial charge in [-0.15, -0.1) is 5.10 Å². The Morgan fingerprint density at radius 1 is 1.14 bits per heavy atom. The summed E-state index contributed by atoms with van der Waals surface area (Å²) < 4.78 is 48.0. The Hall–Kier alpha value is -3.86. The molecule has 0 spiro atoms. The minimum absolute atomic E-state index is 0.0225. The van der Waals surface area contributed by atoms with Crippen LogP contribution in [-0.4, -0.2) is 51.6 Å². The SMILES string of the molecule is N#Cc1nn(-c2cc(Cl)c(Oc3ccc4c(c3)CCN(COCC(F)(F)F)C4=O)c(Cl)c2)c(=O)[nH]c1=O. The Bertz CT molecular complexity index is 1520. The van der Waals surface area contributed by atoms with E-state index in [0.717, 1.165) is 4.68 Å². The van der Waals surface area contributed by atoms with E-state index >= 15 is 0 Å². The van der Waals surface area contributed by atoms with Crippen molar-refractivity contribution >= 4 is 29.1 Å². The Morgan fingerprint density at radius 2 is 1.84 bits per heavy atom. The highest BCUT2D eigenvalue weighted by molar-refractivity contribution is 6.37. The van der Waals surface area contributed by atoms with Crippen LogP contribution in [-0.2, 0) is 11.2 Å². The minimum atomic E-state index is -4.49. The van der Waals surface area contributed by atoms with Gasteiger partial charge in [-0.3, -0.25) is 14.6 Å². The summed E-state index contributed by atoms with van der Waals surface area (Å²) in [6, 6.07) is 8.65. The minimum Gasteiger partial charge on any atom is -0.454 e. The average Bonchev–Trinajstić information content (AvgIpc) is 2.82. The summed E-state index contributed by atoms with van der Waals surface area (Å²) in [6.45, 7) is -1.80. The van der Waals surface area contributed by atoms with Crippen molar-refractivity contribution in [3.63, 3.8) is 0 Å². The molecule has 2 heterocycles. The molecule has 0 atom stereocenters. The number of H-pyrrole nitrogens is 1. The molecule has 0 radical (unpaired) electrons. The third kappa shape index (κ3) is 5.77. The zero-order chi connectivity index (χ0) is 26.9. The number of aromatic amines is 1. The van der Waals surface area contributed by atoms with Crippen LogP contribution in [0.1, 0.15) is 21.6 Å². The van der Waals surface area contributed by atoms with Crippen molar-refractivity contribution in [1.82, 2.24) is 19.7 Å². The summed E-state index contributed by atoms with van der Waals surface area (Å²) in [5.74, 6) is -0.184. The number of carbonyl (C=O) groups is 1. The smallest absolute Gasteiger partial charge is 0.411 e. The Balaban J connectivity index is 1.54. The number of nitrogens with zero attached hydrogens (tertiary/aromatic N) is 4. The van der Waals surface area contributed by atoms with E-state index in [0.29, 0.717) is 17.5 Å². The van der Waals surface area contributed by atoms with Crippen molar-refractivity contribution in [3.05, 3.63) is 78.0 Å². The van der Waals surface area contributed by atoms with Crippen LogP contribution in [0.2, 0.25) is 10.0 Å². The van der Waals surface area contributed by atoms with Gasteiger partial charge in [-0.05, 0) is 42.3 Å². The topological polar surface area (TPSA) is 130 Å².